The fourth-order valence-electron chi connectivity index (χ4n) is 3.67. The summed E-state index contributed by atoms with van der Waals surface area (Å²) in [4.78, 5) is 24.0. The fourth-order valence-corrected chi connectivity index (χ4v) is 4.48. The van der Waals surface area contributed by atoms with Gasteiger partial charge < -0.3 is 14.4 Å². The van der Waals surface area contributed by atoms with Crippen LogP contribution in [0.3, 0.4) is 0 Å². The van der Waals surface area contributed by atoms with E-state index in [4.69, 9.17) is 9.47 Å². The number of rotatable bonds is 7. The van der Waals surface area contributed by atoms with E-state index in [1.165, 1.54) is 11.3 Å². The van der Waals surface area contributed by atoms with E-state index >= 15 is 0 Å². The number of amides is 1. The number of anilines is 1. The maximum Gasteiger partial charge on any atom is 0.233 e. The minimum atomic E-state index is -0.0440. The van der Waals surface area contributed by atoms with E-state index in [0.717, 1.165) is 27.5 Å². The zero-order chi connectivity index (χ0) is 23.2. The molecule has 0 unspecified atom stereocenters. The zero-order valence-electron chi connectivity index (χ0n) is 18.5. The third-order valence-electron chi connectivity index (χ3n) is 5.33. The van der Waals surface area contributed by atoms with Gasteiger partial charge in [-0.05, 0) is 29.8 Å². The highest BCUT2D eigenvalue weighted by molar-refractivity contribution is 7.13. The Balaban J connectivity index is 1.37. The molecule has 2 aromatic heterocycles. The molecule has 5 rings (SSSR count). The molecule has 4 aromatic rings. The van der Waals surface area contributed by atoms with Gasteiger partial charge in [0.2, 0.25) is 5.91 Å². The molecule has 0 atom stereocenters. The number of nitrogens with zero attached hydrogens (tertiary/aromatic N) is 3. The van der Waals surface area contributed by atoms with Gasteiger partial charge in [-0.1, -0.05) is 42.5 Å². The first kappa shape index (κ1) is 21.9. The molecule has 0 fully saturated rings. The van der Waals surface area contributed by atoms with Crippen LogP contribution in [0.25, 0.3) is 16.6 Å². The molecular weight excluding hydrogens is 446 g/mol. The molecule has 0 spiro atoms. The Kier molecular flexibility index (Phi) is 6.63. The van der Waals surface area contributed by atoms with Crippen molar-refractivity contribution < 1.29 is 14.3 Å². The summed E-state index contributed by atoms with van der Waals surface area (Å²) in [5.41, 5.74) is 3.52. The van der Waals surface area contributed by atoms with Crippen molar-refractivity contribution in [1.82, 2.24) is 9.97 Å². The smallest absolute Gasteiger partial charge is 0.233 e. The van der Waals surface area contributed by atoms with Crippen LogP contribution in [0.5, 0.6) is 11.5 Å². The Morgan fingerprint density at radius 1 is 1.03 bits per heavy atom. The normalized spacial score (nSPS) is 12.6. The monoisotopic (exact) mass is 469 g/mol. The molecule has 0 radical (unpaired) electrons. The summed E-state index contributed by atoms with van der Waals surface area (Å²) in [6, 6.07) is 19.5. The highest BCUT2D eigenvalue weighted by Crippen LogP contribution is 2.34. The average molecular weight is 470 g/mol. The van der Waals surface area contributed by atoms with Gasteiger partial charge in [0.15, 0.2) is 11.5 Å². The first-order chi connectivity index (χ1) is 16.8. The number of fused-ring (bicyclic) bond motifs is 1. The Morgan fingerprint density at radius 2 is 1.88 bits per heavy atom. The standard InChI is InChI=1S/C27H23N3O3S/c31-26(16-22-19-34-27(29-22)21-9-4-12-28-18-21)30(13-5-8-20-6-2-1-3-7-20)23-10-11-24-25(17-23)33-15-14-32-24/h1-12,17-19H,13-16H2. The van der Waals surface area contributed by atoms with E-state index in [1.54, 1.807) is 17.3 Å². The molecule has 0 bridgehead atoms. The van der Waals surface area contributed by atoms with Crippen molar-refractivity contribution in [1.29, 1.82) is 0 Å². The fraction of sp³-hybridized carbons (Fsp3) is 0.148. The third-order valence-corrected chi connectivity index (χ3v) is 6.27. The Labute approximate surface area is 202 Å². The minimum Gasteiger partial charge on any atom is -0.486 e. The van der Waals surface area contributed by atoms with Gasteiger partial charge in [0.05, 0.1) is 12.1 Å². The quantitative estimate of drug-likeness (QED) is 0.369. The van der Waals surface area contributed by atoms with Crippen LogP contribution < -0.4 is 14.4 Å². The number of hydrogen-bond acceptors (Lipinski definition) is 6. The summed E-state index contributed by atoms with van der Waals surface area (Å²) in [7, 11) is 0. The highest BCUT2D eigenvalue weighted by atomic mass is 32.1. The van der Waals surface area contributed by atoms with Crippen LogP contribution in [-0.2, 0) is 11.2 Å². The number of hydrogen-bond donors (Lipinski definition) is 0. The molecule has 0 N–H and O–H groups in total. The summed E-state index contributed by atoms with van der Waals surface area (Å²) in [6.45, 7) is 1.44. The van der Waals surface area contributed by atoms with E-state index in [0.29, 0.717) is 31.3 Å². The number of benzene rings is 2. The molecule has 2 aromatic carbocycles. The lowest BCUT2D eigenvalue weighted by Gasteiger charge is -2.24. The van der Waals surface area contributed by atoms with Crippen LogP contribution in [0.15, 0.2) is 84.5 Å². The highest BCUT2D eigenvalue weighted by Gasteiger charge is 2.20. The minimum absolute atomic E-state index is 0.0440. The van der Waals surface area contributed by atoms with Gasteiger partial charge in [-0.2, -0.15) is 0 Å². The van der Waals surface area contributed by atoms with Gasteiger partial charge in [0.1, 0.15) is 18.2 Å². The molecule has 3 heterocycles. The van der Waals surface area contributed by atoms with Crippen molar-refractivity contribution in [3.63, 3.8) is 0 Å². The van der Waals surface area contributed by atoms with Crippen LogP contribution in [0, 0.1) is 0 Å². The predicted octanol–water partition coefficient (Wildman–Crippen LogP) is 5.27. The van der Waals surface area contributed by atoms with E-state index in [-0.39, 0.29) is 12.3 Å². The van der Waals surface area contributed by atoms with Gasteiger partial charge in [-0.3, -0.25) is 9.78 Å². The molecule has 0 saturated carbocycles. The SMILES string of the molecule is O=C(Cc1csc(-c2cccnc2)n1)N(CC=Cc1ccccc1)c1ccc2c(c1)OCCO2. The second-order valence-electron chi connectivity index (χ2n) is 7.71. The number of carbonyl (C=O) groups excluding carboxylic acids is 1. The van der Waals surface area contributed by atoms with Crippen molar-refractivity contribution in [3.8, 4) is 22.1 Å². The number of carbonyl (C=O) groups is 1. The topological polar surface area (TPSA) is 64.6 Å². The summed E-state index contributed by atoms with van der Waals surface area (Å²) < 4.78 is 11.4. The molecule has 170 valence electrons. The summed E-state index contributed by atoms with van der Waals surface area (Å²) in [6.07, 6.45) is 7.72. The van der Waals surface area contributed by atoms with Crippen molar-refractivity contribution in [3.05, 3.63) is 95.8 Å². The molecule has 0 saturated heterocycles. The van der Waals surface area contributed by atoms with Crippen LogP contribution >= 0.6 is 11.3 Å². The first-order valence-corrected chi connectivity index (χ1v) is 11.9. The summed E-state index contributed by atoms with van der Waals surface area (Å²) in [5.74, 6) is 1.31. The summed E-state index contributed by atoms with van der Waals surface area (Å²) in [5, 5.41) is 2.79. The van der Waals surface area contributed by atoms with Gasteiger partial charge in [-0.15, -0.1) is 11.3 Å². The van der Waals surface area contributed by atoms with Crippen molar-refractivity contribution in [2.24, 2.45) is 0 Å². The number of ether oxygens (including phenoxy) is 2. The van der Waals surface area contributed by atoms with Crippen molar-refractivity contribution in [2.45, 2.75) is 6.42 Å². The van der Waals surface area contributed by atoms with Crippen LogP contribution in [-0.4, -0.2) is 35.6 Å². The molecule has 7 heteroatoms. The first-order valence-electron chi connectivity index (χ1n) is 11.0. The molecular formula is C27H23N3O3S. The average Bonchev–Trinajstić information content (AvgIpc) is 3.36. The van der Waals surface area contributed by atoms with Gasteiger partial charge in [-0.25, -0.2) is 4.98 Å². The molecule has 0 aliphatic carbocycles. The predicted molar refractivity (Wildman–Crippen MR) is 134 cm³/mol. The maximum absolute atomic E-state index is 13.4. The maximum atomic E-state index is 13.4. The second-order valence-corrected chi connectivity index (χ2v) is 8.57. The molecule has 1 amide bonds. The van der Waals surface area contributed by atoms with Gasteiger partial charge in [0.25, 0.3) is 0 Å². The molecule has 1 aliphatic rings. The van der Waals surface area contributed by atoms with E-state index in [9.17, 15) is 4.79 Å². The van der Waals surface area contributed by atoms with Crippen LogP contribution in [0.4, 0.5) is 5.69 Å². The van der Waals surface area contributed by atoms with Gasteiger partial charge in [0, 0.05) is 41.6 Å². The molecule has 1 aliphatic heterocycles. The molecule has 6 nitrogen and oxygen atoms in total. The largest absolute Gasteiger partial charge is 0.486 e. The van der Waals surface area contributed by atoms with Crippen LogP contribution in [0.1, 0.15) is 11.3 Å². The van der Waals surface area contributed by atoms with E-state index < -0.39 is 0 Å². The van der Waals surface area contributed by atoms with Gasteiger partial charge >= 0.3 is 0 Å². The van der Waals surface area contributed by atoms with Crippen molar-refractivity contribution in [2.75, 3.05) is 24.7 Å². The van der Waals surface area contributed by atoms with Crippen molar-refractivity contribution >= 4 is 29.0 Å². The Morgan fingerprint density at radius 3 is 2.71 bits per heavy atom. The van der Waals surface area contributed by atoms with E-state index in [2.05, 4.69) is 9.97 Å². The zero-order valence-corrected chi connectivity index (χ0v) is 19.3. The lowest BCUT2D eigenvalue weighted by Crippen LogP contribution is -2.32. The lowest BCUT2D eigenvalue weighted by molar-refractivity contribution is -0.117. The Hall–Kier alpha value is -3.97. The Bertz CT molecular complexity index is 1290. The number of thiazole rings is 1. The lowest BCUT2D eigenvalue weighted by atomic mass is 10.2. The second kappa shape index (κ2) is 10.3. The molecule has 34 heavy (non-hydrogen) atoms. The number of pyridine rings is 1. The third kappa shape index (κ3) is 5.15. The number of aromatic nitrogens is 2. The summed E-state index contributed by atoms with van der Waals surface area (Å²) >= 11 is 1.51. The van der Waals surface area contributed by atoms with Crippen LogP contribution in [0.2, 0.25) is 0 Å². The van der Waals surface area contributed by atoms with E-state index in [1.807, 2.05) is 78.2 Å².